The minimum absolute atomic E-state index is 0.0490. The third-order valence-electron chi connectivity index (χ3n) is 4.52. The van der Waals surface area contributed by atoms with Gasteiger partial charge >= 0.3 is 0 Å². The Morgan fingerprint density at radius 1 is 1.10 bits per heavy atom. The molecule has 1 aromatic rings. The summed E-state index contributed by atoms with van der Waals surface area (Å²) in [5.74, 6) is 0.386. The van der Waals surface area contributed by atoms with Crippen molar-refractivity contribution in [1.29, 1.82) is 0 Å². The summed E-state index contributed by atoms with van der Waals surface area (Å²) in [5.41, 5.74) is 0.914. The Morgan fingerprint density at radius 2 is 1.81 bits per heavy atom. The van der Waals surface area contributed by atoms with E-state index in [4.69, 9.17) is 0 Å². The molecule has 0 unspecified atom stereocenters. The van der Waals surface area contributed by atoms with E-state index in [0.717, 1.165) is 31.4 Å². The van der Waals surface area contributed by atoms with E-state index >= 15 is 0 Å². The molecule has 4 nitrogen and oxygen atoms in total. The fourth-order valence-electron chi connectivity index (χ4n) is 3.35. The van der Waals surface area contributed by atoms with E-state index in [0.29, 0.717) is 13.0 Å². The summed E-state index contributed by atoms with van der Waals surface area (Å²) >= 11 is 0. The maximum absolute atomic E-state index is 12.3. The zero-order chi connectivity index (χ0) is 14.7. The first-order valence-electron chi connectivity index (χ1n) is 7.90. The molecule has 2 amide bonds. The van der Waals surface area contributed by atoms with Gasteiger partial charge in [0, 0.05) is 24.6 Å². The first-order valence-corrected chi connectivity index (χ1v) is 7.90. The number of benzene rings is 1. The van der Waals surface area contributed by atoms with Crippen LogP contribution >= 0.6 is 0 Å². The Morgan fingerprint density at radius 3 is 2.52 bits per heavy atom. The maximum Gasteiger partial charge on any atom is 0.229 e. The standard InChI is InChI=1S/C17H22N2O2/c20-16-11-14(12-19(16)15-9-5-2-6-10-15)18-17(21)13-7-3-1-4-8-13/h2,5-6,9-10,13-14H,1,3-4,7-8,11-12H2,(H,18,21)/t14-/m1/s1. The highest BCUT2D eigenvalue weighted by Gasteiger charge is 2.33. The van der Waals surface area contributed by atoms with Crippen molar-refractivity contribution in [3.63, 3.8) is 0 Å². The highest BCUT2D eigenvalue weighted by atomic mass is 16.2. The minimum Gasteiger partial charge on any atom is -0.351 e. The molecule has 4 heteroatoms. The van der Waals surface area contributed by atoms with E-state index in [9.17, 15) is 9.59 Å². The van der Waals surface area contributed by atoms with Crippen LogP contribution in [0.5, 0.6) is 0 Å². The zero-order valence-corrected chi connectivity index (χ0v) is 12.3. The van der Waals surface area contributed by atoms with Gasteiger partial charge in [0.25, 0.3) is 0 Å². The first kappa shape index (κ1) is 14.1. The monoisotopic (exact) mass is 286 g/mol. The highest BCUT2D eigenvalue weighted by Crippen LogP contribution is 2.25. The molecule has 0 radical (unpaired) electrons. The van der Waals surface area contributed by atoms with E-state index in [1.54, 1.807) is 4.90 Å². The predicted octanol–water partition coefficient (Wildman–Crippen LogP) is 2.49. The maximum atomic E-state index is 12.3. The molecule has 1 atom stereocenters. The van der Waals surface area contributed by atoms with Gasteiger partial charge in [-0.2, -0.15) is 0 Å². The van der Waals surface area contributed by atoms with E-state index in [1.807, 2.05) is 30.3 Å². The molecule has 1 heterocycles. The largest absolute Gasteiger partial charge is 0.351 e. The van der Waals surface area contributed by atoms with Gasteiger partial charge in [0.2, 0.25) is 11.8 Å². The van der Waals surface area contributed by atoms with Crippen LogP contribution in [-0.4, -0.2) is 24.4 Å². The number of carbonyl (C=O) groups is 2. The van der Waals surface area contributed by atoms with Crippen molar-refractivity contribution in [3.8, 4) is 0 Å². The van der Waals surface area contributed by atoms with Crippen LogP contribution in [0.4, 0.5) is 5.69 Å². The van der Waals surface area contributed by atoms with E-state index in [-0.39, 0.29) is 23.8 Å². The second-order valence-electron chi connectivity index (χ2n) is 6.08. The SMILES string of the molecule is O=C(N[C@@H]1CC(=O)N(c2ccccc2)C1)C1CCCCC1. The molecule has 2 fully saturated rings. The molecular weight excluding hydrogens is 264 g/mol. The summed E-state index contributed by atoms with van der Waals surface area (Å²) < 4.78 is 0. The Kier molecular flexibility index (Phi) is 4.23. The third kappa shape index (κ3) is 3.26. The van der Waals surface area contributed by atoms with Crippen LogP contribution in [-0.2, 0) is 9.59 Å². The number of hydrogen-bond donors (Lipinski definition) is 1. The van der Waals surface area contributed by atoms with Gasteiger partial charge in [0.05, 0.1) is 6.04 Å². The molecule has 3 rings (SSSR count). The average molecular weight is 286 g/mol. The van der Waals surface area contributed by atoms with Crippen LogP contribution in [0.3, 0.4) is 0 Å². The molecule has 1 saturated heterocycles. The lowest BCUT2D eigenvalue weighted by Gasteiger charge is -2.23. The van der Waals surface area contributed by atoms with Crippen molar-refractivity contribution < 1.29 is 9.59 Å². The molecule has 2 aliphatic rings. The Bertz CT molecular complexity index is 509. The quantitative estimate of drug-likeness (QED) is 0.928. The highest BCUT2D eigenvalue weighted by molar-refractivity contribution is 5.96. The lowest BCUT2D eigenvalue weighted by atomic mass is 9.88. The number of amides is 2. The Hall–Kier alpha value is -1.84. The summed E-state index contributed by atoms with van der Waals surface area (Å²) in [6.07, 6.45) is 5.94. The van der Waals surface area contributed by atoms with Crippen molar-refractivity contribution in [2.45, 2.75) is 44.6 Å². The summed E-state index contributed by atoms with van der Waals surface area (Å²) in [7, 11) is 0. The normalized spacial score (nSPS) is 23.3. The van der Waals surface area contributed by atoms with E-state index in [2.05, 4.69) is 5.32 Å². The fourth-order valence-corrected chi connectivity index (χ4v) is 3.35. The third-order valence-corrected chi connectivity index (χ3v) is 4.52. The molecule has 1 N–H and O–H groups in total. The molecule has 1 saturated carbocycles. The number of carbonyl (C=O) groups excluding carboxylic acids is 2. The van der Waals surface area contributed by atoms with Gasteiger partial charge in [-0.3, -0.25) is 9.59 Å². The van der Waals surface area contributed by atoms with Crippen LogP contribution in [0.1, 0.15) is 38.5 Å². The number of anilines is 1. The predicted molar refractivity (Wildman–Crippen MR) is 81.9 cm³/mol. The molecule has 0 spiro atoms. The number of nitrogens with zero attached hydrogens (tertiary/aromatic N) is 1. The molecular formula is C17H22N2O2. The average Bonchev–Trinajstić information content (AvgIpc) is 2.89. The van der Waals surface area contributed by atoms with E-state index in [1.165, 1.54) is 6.42 Å². The van der Waals surface area contributed by atoms with Gasteiger partial charge in [-0.15, -0.1) is 0 Å². The Labute approximate surface area is 125 Å². The van der Waals surface area contributed by atoms with Crippen molar-refractivity contribution in [3.05, 3.63) is 30.3 Å². The summed E-state index contributed by atoms with van der Waals surface area (Å²) in [6.45, 7) is 0.585. The molecule has 112 valence electrons. The lowest BCUT2D eigenvalue weighted by molar-refractivity contribution is -0.126. The van der Waals surface area contributed by atoms with Gasteiger partial charge < -0.3 is 10.2 Å². The van der Waals surface area contributed by atoms with Crippen molar-refractivity contribution in [2.75, 3.05) is 11.4 Å². The van der Waals surface area contributed by atoms with Crippen molar-refractivity contribution in [2.24, 2.45) is 5.92 Å². The number of hydrogen-bond acceptors (Lipinski definition) is 2. The van der Waals surface area contributed by atoms with Gasteiger partial charge in [0.1, 0.15) is 0 Å². The minimum atomic E-state index is -0.0490. The van der Waals surface area contributed by atoms with Gasteiger partial charge in [-0.1, -0.05) is 37.5 Å². The lowest BCUT2D eigenvalue weighted by Crippen LogP contribution is -2.41. The second kappa shape index (κ2) is 6.29. The molecule has 21 heavy (non-hydrogen) atoms. The summed E-state index contributed by atoms with van der Waals surface area (Å²) in [6, 6.07) is 9.61. The van der Waals surface area contributed by atoms with Crippen LogP contribution in [0.2, 0.25) is 0 Å². The number of para-hydroxylation sites is 1. The molecule has 1 aromatic carbocycles. The van der Waals surface area contributed by atoms with Gasteiger partial charge in [0.15, 0.2) is 0 Å². The van der Waals surface area contributed by atoms with Crippen LogP contribution in [0, 0.1) is 5.92 Å². The van der Waals surface area contributed by atoms with Crippen LogP contribution in [0.15, 0.2) is 30.3 Å². The summed E-state index contributed by atoms with van der Waals surface area (Å²) in [5, 5.41) is 3.08. The van der Waals surface area contributed by atoms with Gasteiger partial charge in [-0.05, 0) is 25.0 Å². The number of rotatable bonds is 3. The fraction of sp³-hybridized carbons (Fsp3) is 0.529. The zero-order valence-electron chi connectivity index (χ0n) is 12.3. The topological polar surface area (TPSA) is 49.4 Å². The number of nitrogens with one attached hydrogen (secondary N) is 1. The molecule has 0 aromatic heterocycles. The van der Waals surface area contributed by atoms with Crippen molar-refractivity contribution >= 4 is 17.5 Å². The first-order chi connectivity index (χ1) is 10.2. The molecule has 1 aliphatic carbocycles. The Balaban J connectivity index is 1.58. The molecule has 1 aliphatic heterocycles. The smallest absolute Gasteiger partial charge is 0.229 e. The summed E-state index contributed by atoms with van der Waals surface area (Å²) in [4.78, 5) is 26.2. The van der Waals surface area contributed by atoms with Gasteiger partial charge in [-0.25, -0.2) is 0 Å². The molecule has 0 bridgehead atoms. The van der Waals surface area contributed by atoms with Crippen LogP contribution in [0.25, 0.3) is 0 Å². The van der Waals surface area contributed by atoms with Crippen LogP contribution < -0.4 is 10.2 Å². The van der Waals surface area contributed by atoms with E-state index < -0.39 is 0 Å². The van der Waals surface area contributed by atoms with Crippen molar-refractivity contribution in [1.82, 2.24) is 5.32 Å². The second-order valence-corrected chi connectivity index (χ2v) is 6.08.